The summed E-state index contributed by atoms with van der Waals surface area (Å²) in [7, 11) is 0. The van der Waals surface area contributed by atoms with Gasteiger partial charge in [-0.1, -0.05) is 6.07 Å². The van der Waals surface area contributed by atoms with Crippen molar-refractivity contribution in [3.8, 4) is 0 Å². The Hall–Kier alpha value is -1.68. The van der Waals surface area contributed by atoms with Crippen molar-refractivity contribution < 1.29 is 18.0 Å². The highest BCUT2D eigenvalue weighted by Gasteiger charge is 2.21. The predicted molar refractivity (Wildman–Crippen MR) is 58.2 cm³/mol. The fourth-order valence-corrected chi connectivity index (χ4v) is 1.62. The topological polar surface area (TPSA) is 30.2 Å². The number of rotatable bonds is 2. The molecule has 0 amide bonds. The molecule has 0 saturated carbocycles. The minimum absolute atomic E-state index is 0.00817. The lowest BCUT2D eigenvalue weighted by Crippen LogP contribution is -2.06. The molecule has 1 aromatic carbocycles. The summed E-state index contributed by atoms with van der Waals surface area (Å²) in [5, 5.41) is -0.143. The fraction of sp³-hybridized carbons (Fsp3) is 0.0833. The summed E-state index contributed by atoms with van der Waals surface area (Å²) in [4.78, 5) is 11.9. The molecular weight excluding hydrogens is 250 g/mol. The van der Waals surface area contributed by atoms with Gasteiger partial charge in [-0.3, -0.25) is 4.79 Å². The lowest BCUT2D eigenvalue weighted by atomic mass is 10.0. The summed E-state index contributed by atoms with van der Waals surface area (Å²) in [6, 6.07) is 3.86. The molecule has 0 aliphatic heterocycles. The molecule has 2 nitrogen and oxygen atoms in total. The zero-order valence-corrected chi connectivity index (χ0v) is 9.52. The maximum atomic E-state index is 13.6. The standard InChI is InChI=1S/C12H7ClF2O2/c1-6-2-3-7(10(15)9(6)14)11(16)8-4-5-17-12(8)13/h2-5H,1H3. The predicted octanol–water partition coefficient (Wildman–Crippen LogP) is 3.75. The molecule has 5 heteroatoms. The maximum Gasteiger partial charge on any atom is 0.204 e. The number of furan rings is 1. The van der Waals surface area contributed by atoms with E-state index < -0.39 is 17.4 Å². The molecular formula is C12H7ClF2O2. The van der Waals surface area contributed by atoms with E-state index in [1.54, 1.807) is 0 Å². The normalized spacial score (nSPS) is 10.6. The van der Waals surface area contributed by atoms with Crippen molar-refractivity contribution in [3.63, 3.8) is 0 Å². The SMILES string of the molecule is Cc1ccc(C(=O)c2ccoc2Cl)c(F)c1F. The van der Waals surface area contributed by atoms with Crippen LogP contribution in [-0.2, 0) is 0 Å². The van der Waals surface area contributed by atoms with Gasteiger partial charge in [-0.25, -0.2) is 8.78 Å². The molecule has 0 N–H and O–H groups in total. The number of hydrogen-bond donors (Lipinski definition) is 0. The van der Waals surface area contributed by atoms with Crippen molar-refractivity contribution in [1.29, 1.82) is 0 Å². The van der Waals surface area contributed by atoms with Crippen LogP contribution in [0, 0.1) is 18.6 Å². The highest BCUT2D eigenvalue weighted by Crippen LogP contribution is 2.23. The second-order valence-corrected chi connectivity index (χ2v) is 3.84. The van der Waals surface area contributed by atoms with Crippen LogP contribution in [-0.4, -0.2) is 5.78 Å². The van der Waals surface area contributed by atoms with Crippen LogP contribution in [0.2, 0.25) is 5.22 Å². The van der Waals surface area contributed by atoms with E-state index in [1.165, 1.54) is 31.4 Å². The summed E-state index contributed by atoms with van der Waals surface area (Å²) in [5.41, 5.74) is -0.220. The quantitative estimate of drug-likeness (QED) is 0.766. The van der Waals surface area contributed by atoms with Crippen LogP contribution < -0.4 is 0 Å². The minimum Gasteiger partial charge on any atom is -0.452 e. The van der Waals surface area contributed by atoms with Crippen molar-refractivity contribution in [2.75, 3.05) is 0 Å². The second-order valence-electron chi connectivity index (χ2n) is 3.50. The number of carbonyl (C=O) groups is 1. The molecule has 2 aromatic rings. The molecule has 1 heterocycles. The third-order valence-electron chi connectivity index (χ3n) is 2.38. The Morgan fingerprint density at radius 2 is 1.88 bits per heavy atom. The largest absolute Gasteiger partial charge is 0.452 e. The highest BCUT2D eigenvalue weighted by atomic mass is 35.5. The van der Waals surface area contributed by atoms with Crippen LogP contribution in [0.3, 0.4) is 0 Å². The van der Waals surface area contributed by atoms with Crippen LogP contribution in [0.4, 0.5) is 8.78 Å². The summed E-state index contributed by atoms with van der Waals surface area (Å²) >= 11 is 5.60. The van der Waals surface area contributed by atoms with Gasteiger partial charge in [-0.2, -0.15) is 0 Å². The van der Waals surface area contributed by atoms with Gasteiger partial charge in [0.1, 0.15) is 0 Å². The summed E-state index contributed by atoms with van der Waals surface area (Å²) in [6.45, 7) is 1.41. The fourth-order valence-electron chi connectivity index (χ4n) is 1.42. The van der Waals surface area contributed by atoms with Crippen LogP contribution in [0.25, 0.3) is 0 Å². The first kappa shape index (κ1) is 11.8. The second kappa shape index (κ2) is 4.30. The van der Waals surface area contributed by atoms with Crippen molar-refractivity contribution >= 4 is 17.4 Å². The van der Waals surface area contributed by atoms with E-state index in [1.807, 2.05) is 0 Å². The van der Waals surface area contributed by atoms with Gasteiger partial charge in [-0.05, 0) is 36.2 Å². The third kappa shape index (κ3) is 1.96. The van der Waals surface area contributed by atoms with Crippen molar-refractivity contribution in [3.05, 3.63) is 58.0 Å². The van der Waals surface area contributed by atoms with Crippen LogP contribution >= 0.6 is 11.6 Å². The van der Waals surface area contributed by atoms with Gasteiger partial charge < -0.3 is 4.42 Å². The summed E-state index contributed by atoms with van der Waals surface area (Å²) in [5.74, 6) is -2.91. The first-order valence-electron chi connectivity index (χ1n) is 4.74. The molecule has 0 aliphatic rings. The Bertz CT molecular complexity index is 590. The molecule has 0 radical (unpaired) electrons. The average Bonchev–Trinajstić information content (AvgIpc) is 2.72. The van der Waals surface area contributed by atoms with Gasteiger partial charge in [0.05, 0.1) is 17.4 Å². The summed E-state index contributed by atoms with van der Waals surface area (Å²) in [6.07, 6.45) is 1.21. The Labute approximate surface area is 101 Å². The number of hydrogen-bond acceptors (Lipinski definition) is 2. The van der Waals surface area contributed by atoms with Gasteiger partial charge >= 0.3 is 0 Å². The molecule has 0 spiro atoms. The Morgan fingerprint density at radius 3 is 2.47 bits per heavy atom. The number of benzene rings is 1. The average molecular weight is 257 g/mol. The van der Waals surface area contributed by atoms with Gasteiger partial charge in [0.15, 0.2) is 11.6 Å². The lowest BCUT2D eigenvalue weighted by Gasteiger charge is -2.04. The maximum absolute atomic E-state index is 13.6. The Balaban J connectivity index is 2.53. The number of halogens is 3. The van der Waals surface area contributed by atoms with Crippen LogP contribution in [0.5, 0.6) is 0 Å². The molecule has 0 aliphatic carbocycles. The smallest absolute Gasteiger partial charge is 0.204 e. The molecule has 2 rings (SSSR count). The van der Waals surface area contributed by atoms with E-state index in [4.69, 9.17) is 16.0 Å². The van der Waals surface area contributed by atoms with Crippen molar-refractivity contribution in [2.45, 2.75) is 6.92 Å². The minimum atomic E-state index is -1.17. The van der Waals surface area contributed by atoms with Gasteiger partial charge in [0.25, 0.3) is 0 Å². The first-order chi connectivity index (χ1) is 8.02. The van der Waals surface area contributed by atoms with Crippen molar-refractivity contribution in [2.24, 2.45) is 0 Å². The van der Waals surface area contributed by atoms with E-state index in [0.717, 1.165) is 0 Å². The molecule has 0 atom stereocenters. The van der Waals surface area contributed by atoms with Gasteiger partial charge in [0.2, 0.25) is 11.0 Å². The molecule has 0 bridgehead atoms. The molecule has 17 heavy (non-hydrogen) atoms. The number of aryl methyl sites for hydroxylation is 1. The van der Waals surface area contributed by atoms with Crippen LogP contribution in [0.15, 0.2) is 28.9 Å². The first-order valence-corrected chi connectivity index (χ1v) is 5.12. The zero-order valence-electron chi connectivity index (χ0n) is 8.76. The Morgan fingerprint density at radius 1 is 1.18 bits per heavy atom. The van der Waals surface area contributed by atoms with E-state index in [9.17, 15) is 13.6 Å². The molecule has 0 saturated heterocycles. The molecule has 0 fully saturated rings. The van der Waals surface area contributed by atoms with Crippen LogP contribution in [0.1, 0.15) is 21.5 Å². The third-order valence-corrected chi connectivity index (χ3v) is 2.68. The zero-order chi connectivity index (χ0) is 12.6. The Kier molecular flexibility index (Phi) is 2.98. The van der Waals surface area contributed by atoms with E-state index >= 15 is 0 Å². The van der Waals surface area contributed by atoms with E-state index in [0.29, 0.717) is 0 Å². The van der Waals surface area contributed by atoms with Crippen molar-refractivity contribution in [1.82, 2.24) is 0 Å². The van der Waals surface area contributed by atoms with E-state index in [2.05, 4.69) is 0 Å². The monoisotopic (exact) mass is 256 g/mol. The number of ketones is 1. The molecule has 88 valence electrons. The molecule has 1 aromatic heterocycles. The lowest BCUT2D eigenvalue weighted by molar-refractivity contribution is 0.103. The molecule has 0 unspecified atom stereocenters. The van der Waals surface area contributed by atoms with Gasteiger partial charge in [0, 0.05) is 0 Å². The number of carbonyl (C=O) groups excluding carboxylic acids is 1. The highest BCUT2D eigenvalue weighted by molar-refractivity contribution is 6.33. The van der Waals surface area contributed by atoms with E-state index in [-0.39, 0.29) is 21.9 Å². The summed E-state index contributed by atoms with van der Waals surface area (Å²) < 4.78 is 31.6. The van der Waals surface area contributed by atoms with Gasteiger partial charge in [-0.15, -0.1) is 0 Å².